The molecule has 1 saturated carbocycles. The van der Waals surface area contributed by atoms with Crippen molar-refractivity contribution in [3.05, 3.63) is 0 Å². The molecule has 2 rings (SSSR count). The molecular formula is C11H19N3. The SMILES string of the molecule is CC(C(N)C#N)N1CCCC2(CC2)C1. The fourth-order valence-corrected chi connectivity index (χ4v) is 2.51. The van der Waals surface area contributed by atoms with Gasteiger partial charge in [-0.3, -0.25) is 4.90 Å². The zero-order valence-corrected chi connectivity index (χ0v) is 8.87. The van der Waals surface area contributed by atoms with E-state index in [1.54, 1.807) is 0 Å². The first-order chi connectivity index (χ1) is 6.67. The predicted molar refractivity (Wildman–Crippen MR) is 55.5 cm³/mol. The molecule has 14 heavy (non-hydrogen) atoms. The van der Waals surface area contributed by atoms with E-state index in [0.29, 0.717) is 5.41 Å². The largest absolute Gasteiger partial charge is 0.315 e. The van der Waals surface area contributed by atoms with Gasteiger partial charge in [0.2, 0.25) is 0 Å². The molecule has 78 valence electrons. The Morgan fingerprint density at radius 2 is 2.14 bits per heavy atom. The lowest BCUT2D eigenvalue weighted by atomic mass is 9.93. The van der Waals surface area contributed by atoms with Crippen LogP contribution >= 0.6 is 0 Å². The van der Waals surface area contributed by atoms with E-state index in [-0.39, 0.29) is 12.1 Å². The van der Waals surface area contributed by atoms with Gasteiger partial charge in [-0.2, -0.15) is 5.26 Å². The summed E-state index contributed by atoms with van der Waals surface area (Å²) in [5.74, 6) is 0. The first-order valence-corrected chi connectivity index (χ1v) is 5.56. The van der Waals surface area contributed by atoms with E-state index in [1.807, 2.05) is 0 Å². The third-order valence-corrected chi connectivity index (χ3v) is 3.89. The van der Waals surface area contributed by atoms with E-state index in [9.17, 15) is 0 Å². The number of nitrogens with two attached hydrogens (primary N) is 1. The Kier molecular flexibility index (Phi) is 2.50. The summed E-state index contributed by atoms with van der Waals surface area (Å²) in [6.45, 7) is 4.37. The first kappa shape index (κ1) is 9.95. The van der Waals surface area contributed by atoms with Crippen molar-refractivity contribution in [2.45, 2.75) is 44.7 Å². The second-order valence-corrected chi connectivity index (χ2v) is 4.97. The Morgan fingerprint density at radius 3 is 2.71 bits per heavy atom. The van der Waals surface area contributed by atoms with E-state index in [4.69, 9.17) is 11.0 Å². The van der Waals surface area contributed by atoms with Gasteiger partial charge >= 0.3 is 0 Å². The monoisotopic (exact) mass is 193 g/mol. The minimum Gasteiger partial charge on any atom is -0.315 e. The van der Waals surface area contributed by atoms with Crippen molar-refractivity contribution in [2.75, 3.05) is 13.1 Å². The van der Waals surface area contributed by atoms with Crippen LogP contribution in [0.5, 0.6) is 0 Å². The highest BCUT2D eigenvalue weighted by atomic mass is 15.2. The summed E-state index contributed by atoms with van der Waals surface area (Å²) in [7, 11) is 0. The molecule has 1 heterocycles. The maximum Gasteiger partial charge on any atom is 0.108 e. The van der Waals surface area contributed by atoms with Crippen molar-refractivity contribution >= 4 is 0 Å². The fourth-order valence-electron chi connectivity index (χ4n) is 2.51. The zero-order chi connectivity index (χ0) is 10.2. The summed E-state index contributed by atoms with van der Waals surface area (Å²) in [5.41, 5.74) is 6.38. The van der Waals surface area contributed by atoms with Crippen LogP contribution in [0.4, 0.5) is 0 Å². The summed E-state index contributed by atoms with van der Waals surface area (Å²) < 4.78 is 0. The van der Waals surface area contributed by atoms with Crippen molar-refractivity contribution in [3.63, 3.8) is 0 Å². The lowest BCUT2D eigenvalue weighted by molar-refractivity contribution is 0.114. The number of rotatable bonds is 2. The normalized spacial score (nSPS) is 29.5. The molecule has 1 spiro atoms. The molecule has 0 aromatic carbocycles. The van der Waals surface area contributed by atoms with Crippen LogP contribution in [0.2, 0.25) is 0 Å². The van der Waals surface area contributed by atoms with Crippen molar-refractivity contribution in [2.24, 2.45) is 11.1 Å². The van der Waals surface area contributed by atoms with Crippen LogP contribution in [0.1, 0.15) is 32.6 Å². The van der Waals surface area contributed by atoms with E-state index in [1.165, 1.54) is 32.2 Å². The lowest BCUT2D eigenvalue weighted by Crippen LogP contribution is -2.49. The molecule has 2 aliphatic rings. The predicted octanol–water partition coefficient (Wildman–Crippen LogP) is 1.10. The highest BCUT2D eigenvalue weighted by Gasteiger charge is 2.46. The summed E-state index contributed by atoms with van der Waals surface area (Å²) in [6, 6.07) is 2.04. The van der Waals surface area contributed by atoms with E-state index in [0.717, 1.165) is 6.54 Å². The van der Waals surface area contributed by atoms with Crippen LogP contribution in [0.15, 0.2) is 0 Å². The maximum atomic E-state index is 8.78. The second kappa shape index (κ2) is 3.52. The zero-order valence-electron chi connectivity index (χ0n) is 8.87. The molecule has 0 amide bonds. The van der Waals surface area contributed by atoms with Gasteiger partial charge in [0.05, 0.1) is 6.07 Å². The van der Waals surface area contributed by atoms with Crippen molar-refractivity contribution < 1.29 is 0 Å². The van der Waals surface area contributed by atoms with E-state index < -0.39 is 0 Å². The molecule has 1 aliphatic heterocycles. The molecule has 0 radical (unpaired) electrons. The van der Waals surface area contributed by atoms with Crippen LogP contribution < -0.4 is 5.73 Å². The summed E-state index contributed by atoms with van der Waals surface area (Å²) in [5, 5.41) is 8.78. The van der Waals surface area contributed by atoms with Gasteiger partial charge in [0.25, 0.3) is 0 Å². The molecule has 3 heteroatoms. The van der Waals surface area contributed by atoms with Gasteiger partial charge < -0.3 is 5.73 Å². The van der Waals surface area contributed by atoms with Gasteiger partial charge in [-0.15, -0.1) is 0 Å². The minimum absolute atomic E-state index is 0.220. The number of likely N-dealkylation sites (tertiary alicyclic amines) is 1. The topological polar surface area (TPSA) is 53.1 Å². The molecular weight excluding hydrogens is 174 g/mol. The second-order valence-electron chi connectivity index (χ2n) is 4.97. The Balaban J connectivity index is 1.94. The molecule has 2 N–H and O–H groups in total. The smallest absolute Gasteiger partial charge is 0.108 e. The maximum absolute atomic E-state index is 8.78. The lowest BCUT2D eigenvalue weighted by Gasteiger charge is -2.37. The standard InChI is InChI=1S/C11H19N3/c1-9(10(13)7-12)14-6-2-3-11(8-14)4-5-11/h9-10H,2-6,8,13H2,1H3. The quantitative estimate of drug-likeness (QED) is 0.714. The molecule has 2 fully saturated rings. The molecule has 1 saturated heterocycles. The van der Waals surface area contributed by atoms with Crippen LogP contribution in [0.25, 0.3) is 0 Å². The molecule has 3 nitrogen and oxygen atoms in total. The number of hydrogen-bond acceptors (Lipinski definition) is 3. The third-order valence-electron chi connectivity index (χ3n) is 3.89. The average molecular weight is 193 g/mol. The average Bonchev–Trinajstić information content (AvgIpc) is 2.95. The Morgan fingerprint density at radius 1 is 1.43 bits per heavy atom. The highest BCUT2D eigenvalue weighted by molar-refractivity contribution is 5.02. The minimum atomic E-state index is -0.330. The number of hydrogen-bond donors (Lipinski definition) is 1. The van der Waals surface area contributed by atoms with Crippen molar-refractivity contribution in [1.29, 1.82) is 5.26 Å². The first-order valence-electron chi connectivity index (χ1n) is 5.56. The molecule has 2 atom stereocenters. The highest BCUT2D eigenvalue weighted by Crippen LogP contribution is 2.52. The van der Waals surface area contributed by atoms with Crippen LogP contribution in [-0.4, -0.2) is 30.1 Å². The summed E-state index contributed by atoms with van der Waals surface area (Å²) >= 11 is 0. The van der Waals surface area contributed by atoms with Crippen LogP contribution in [0, 0.1) is 16.7 Å². The number of piperidine rings is 1. The van der Waals surface area contributed by atoms with Gasteiger partial charge in [-0.25, -0.2) is 0 Å². The van der Waals surface area contributed by atoms with Crippen molar-refractivity contribution in [1.82, 2.24) is 4.90 Å². The van der Waals surface area contributed by atoms with Gasteiger partial charge in [-0.1, -0.05) is 0 Å². The van der Waals surface area contributed by atoms with Gasteiger partial charge in [-0.05, 0) is 44.6 Å². The van der Waals surface area contributed by atoms with Crippen LogP contribution in [0.3, 0.4) is 0 Å². The molecule has 0 aromatic heterocycles. The van der Waals surface area contributed by atoms with Gasteiger partial charge in [0.15, 0.2) is 0 Å². The summed E-state index contributed by atoms with van der Waals surface area (Å²) in [4.78, 5) is 2.41. The Bertz CT molecular complexity index is 252. The number of nitriles is 1. The van der Waals surface area contributed by atoms with Crippen LogP contribution in [-0.2, 0) is 0 Å². The van der Waals surface area contributed by atoms with Gasteiger partial charge in [0.1, 0.15) is 6.04 Å². The molecule has 2 unspecified atom stereocenters. The van der Waals surface area contributed by atoms with E-state index in [2.05, 4.69) is 17.9 Å². The number of nitrogens with zero attached hydrogens (tertiary/aromatic N) is 2. The molecule has 0 bridgehead atoms. The Labute approximate surface area is 85.9 Å². The Hall–Kier alpha value is -0.590. The summed E-state index contributed by atoms with van der Waals surface area (Å²) in [6.07, 6.45) is 5.44. The van der Waals surface area contributed by atoms with E-state index >= 15 is 0 Å². The van der Waals surface area contributed by atoms with Gasteiger partial charge in [0, 0.05) is 12.6 Å². The molecule has 0 aromatic rings. The molecule has 1 aliphatic carbocycles. The fraction of sp³-hybridized carbons (Fsp3) is 0.909. The third kappa shape index (κ3) is 1.77. The van der Waals surface area contributed by atoms with Crippen molar-refractivity contribution in [3.8, 4) is 6.07 Å².